The zero-order valence-corrected chi connectivity index (χ0v) is 13.3. The molecule has 2 rings (SSSR count). The molecule has 0 fully saturated rings. The van der Waals surface area contributed by atoms with Gasteiger partial charge in [0.2, 0.25) is 11.2 Å². The van der Waals surface area contributed by atoms with Crippen LogP contribution >= 0.6 is 27.5 Å². The van der Waals surface area contributed by atoms with Crippen molar-refractivity contribution in [3.63, 3.8) is 0 Å². The Morgan fingerprint density at radius 2 is 1.89 bits per heavy atom. The van der Waals surface area contributed by atoms with E-state index < -0.39 is 0 Å². The molecule has 0 aliphatic carbocycles. The van der Waals surface area contributed by atoms with Gasteiger partial charge in [0.05, 0.1) is 4.47 Å². The Labute approximate surface area is 126 Å². The van der Waals surface area contributed by atoms with E-state index in [1.54, 1.807) is 6.20 Å². The average molecular weight is 342 g/mol. The maximum atomic E-state index is 5.87. The fourth-order valence-electron chi connectivity index (χ4n) is 1.68. The predicted molar refractivity (Wildman–Crippen MR) is 80.0 cm³/mol. The van der Waals surface area contributed by atoms with Crippen molar-refractivity contribution in [3.05, 3.63) is 45.8 Å². The molecule has 5 heteroatoms. The summed E-state index contributed by atoms with van der Waals surface area (Å²) >= 11 is 9.14. The molecule has 0 N–H and O–H groups in total. The van der Waals surface area contributed by atoms with Gasteiger partial charge in [-0.05, 0) is 39.0 Å². The zero-order valence-electron chi connectivity index (χ0n) is 10.9. The second-order valence-electron chi connectivity index (χ2n) is 5.14. The Balaban J connectivity index is 2.41. The average Bonchev–Trinajstić information content (AvgIpc) is 2.33. The number of hydrogen-bond acceptors (Lipinski definition) is 3. The van der Waals surface area contributed by atoms with Gasteiger partial charge in [-0.2, -0.15) is 4.98 Å². The minimum atomic E-state index is -0.0140. The van der Waals surface area contributed by atoms with Gasteiger partial charge in [-0.25, -0.2) is 4.98 Å². The van der Waals surface area contributed by atoms with Gasteiger partial charge in [-0.3, -0.25) is 0 Å². The van der Waals surface area contributed by atoms with Crippen LogP contribution in [0, 0.1) is 0 Å². The number of para-hydroxylation sites is 1. The van der Waals surface area contributed by atoms with Crippen LogP contribution in [0.4, 0.5) is 0 Å². The van der Waals surface area contributed by atoms with Crippen molar-refractivity contribution in [3.8, 4) is 11.6 Å². The standard InChI is InChI=1S/C14H14BrClN2O/c1-14(2,3)9-6-4-5-7-11(9)19-12-10(15)8-17-13(16)18-12/h4-8H,1-3H3. The Morgan fingerprint density at radius 3 is 2.58 bits per heavy atom. The van der Waals surface area contributed by atoms with E-state index in [4.69, 9.17) is 16.3 Å². The topological polar surface area (TPSA) is 35.0 Å². The zero-order chi connectivity index (χ0) is 14.0. The Morgan fingerprint density at radius 1 is 1.21 bits per heavy atom. The molecule has 0 saturated heterocycles. The number of aromatic nitrogens is 2. The van der Waals surface area contributed by atoms with E-state index in [1.165, 1.54) is 0 Å². The molecule has 0 atom stereocenters. The molecule has 0 saturated carbocycles. The second kappa shape index (κ2) is 5.47. The summed E-state index contributed by atoms with van der Waals surface area (Å²) < 4.78 is 6.53. The highest BCUT2D eigenvalue weighted by molar-refractivity contribution is 9.10. The van der Waals surface area contributed by atoms with E-state index in [0.717, 1.165) is 11.3 Å². The van der Waals surface area contributed by atoms with Crippen molar-refractivity contribution in [2.24, 2.45) is 0 Å². The molecule has 2 aromatic rings. The number of hydrogen-bond donors (Lipinski definition) is 0. The summed E-state index contributed by atoms with van der Waals surface area (Å²) in [6, 6.07) is 7.89. The van der Waals surface area contributed by atoms with E-state index in [2.05, 4.69) is 46.7 Å². The molecule has 100 valence electrons. The lowest BCUT2D eigenvalue weighted by atomic mass is 9.86. The Hall–Kier alpha value is -1.13. The summed E-state index contributed by atoms with van der Waals surface area (Å²) in [4.78, 5) is 7.96. The fraction of sp³-hybridized carbons (Fsp3) is 0.286. The number of ether oxygens (including phenoxy) is 1. The smallest absolute Gasteiger partial charge is 0.237 e. The first-order valence-corrected chi connectivity index (χ1v) is 7.00. The van der Waals surface area contributed by atoms with Crippen molar-refractivity contribution in [1.82, 2.24) is 9.97 Å². The van der Waals surface area contributed by atoms with Crippen LogP contribution in [0.3, 0.4) is 0 Å². The highest BCUT2D eigenvalue weighted by Crippen LogP contribution is 2.35. The van der Waals surface area contributed by atoms with Crippen LogP contribution < -0.4 is 4.74 Å². The summed E-state index contributed by atoms with van der Waals surface area (Å²) in [5, 5.41) is 0.159. The summed E-state index contributed by atoms with van der Waals surface area (Å²) in [7, 11) is 0. The van der Waals surface area contributed by atoms with Crippen LogP contribution in [0.1, 0.15) is 26.3 Å². The lowest BCUT2D eigenvalue weighted by molar-refractivity contribution is 0.436. The molecule has 1 heterocycles. The summed E-state index contributed by atoms with van der Waals surface area (Å²) in [5.41, 5.74) is 1.09. The maximum absolute atomic E-state index is 5.87. The first-order chi connectivity index (χ1) is 8.88. The van der Waals surface area contributed by atoms with Gasteiger partial charge in [0.1, 0.15) is 5.75 Å². The quantitative estimate of drug-likeness (QED) is 0.722. The second-order valence-corrected chi connectivity index (χ2v) is 6.33. The number of rotatable bonds is 2. The van der Waals surface area contributed by atoms with E-state index in [1.807, 2.05) is 24.3 Å². The van der Waals surface area contributed by atoms with E-state index in [-0.39, 0.29) is 10.7 Å². The Bertz CT molecular complexity index is 596. The molecule has 0 amide bonds. The van der Waals surface area contributed by atoms with Gasteiger partial charge in [-0.1, -0.05) is 39.0 Å². The molecular weight excluding hydrogens is 328 g/mol. The highest BCUT2D eigenvalue weighted by Gasteiger charge is 2.19. The third-order valence-electron chi connectivity index (χ3n) is 2.58. The minimum absolute atomic E-state index is 0.0140. The van der Waals surface area contributed by atoms with Crippen LogP contribution in [-0.4, -0.2) is 9.97 Å². The van der Waals surface area contributed by atoms with Crippen LogP contribution in [0.15, 0.2) is 34.9 Å². The van der Waals surface area contributed by atoms with Crippen molar-refractivity contribution >= 4 is 27.5 Å². The fourth-order valence-corrected chi connectivity index (χ4v) is 2.08. The SMILES string of the molecule is CC(C)(C)c1ccccc1Oc1nc(Cl)ncc1Br. The third kappa shape index (κ3) is 3.45. The monoisotopic (exact) mass is 340 g/mol. The molecule has 1 aromatic carbocycles. The lowest BCUT2D eigenvalue weighted by Gasteiger charge is -2.22. The molecule has 1 aromatic heterocycles. The van der Waals surface area contributed by atoms with Gasteiger partial charge in [0.15, 0.2) is 0 Å². The van der Waals surface area contributed by atoms with Crippen molar-refractivity contribution < 1.29 is 4.74 Å². The van der Waals surface area contributed by atoms with E-state index >= 15 is 0 Å². The predicted octanol–water partition coefficient (Wildman–Crippen LogP) is 4.98. The third-order valence-corrected chi connectivity index (χ3v) is 3.31. The normalized spacial score (nSPS) is 11.4. The van der Waals surface area contributed by atoms with Crippen LogP contribution in [-0.2, 0) is 5.41 Å². The largest absolute Gasteiger partial charge is 0.437 e. The van der Waals surface area contributed by atoms with Gasteiger partial charge in [-0.15, -0.1) is 0 Å². The number of halogens is 2. The molecule has 0 radical (unpaired) electrons. The van der Waals surface area contributed by atoms with Crippen LogP contribution in [0.2, 0.25) is 5.28 Å². The van der Waals surface area contributed by atoms with Crippen LogP contribution in [0.5, 0.6) is 11.6 Å². The van der Waals surface area contributed by atoms with E-state index in [0.29, 0.717) is 10.4 Å². The summed E-state index contributed by atoms with van der Waals surface area (Å²) in [5.74, 6) is 1.18. The van der Waals surface area contributed by atoms with Crippen molar-refractivity contribution in [2.45, 2.75) is 26.2 Å². The first-order valence-electron chi connectivity index (χ1n) is 5.83. The van der Waals surface area contributed by atoms with Crippen molar-refractivity contribution in [1.29, 1.82) is 0 Å². The first kappa shape index (κ1) is 14.3. The summed E-state index contributed by atoms with van der Waals surface area (Å²) in [6.45, 7) is 6.41. The number of nitrogens with zero attached hydrogens (tertiary/aromatic N) is 2. The summed E-state index contributed by atoms with van der Waals surface area (Å²) in [6.07, 6.45) is 1.57. The molecule has 0 bridgehead atoms. The van der Waals surface area contributed by atoms with Crippen molar-refractivity contribution in [2.75, 3.05) is 0 Å². The highest BCUT2D eigenvalue weighted by atomic mass is 79.9. The molecule has 0 unspecified atom stereocenters. The molecule has 0 spiro atoms. The molecule has 3 nitrogen and oxygen atoms in total. The Kier molecular flexibility index (Phi) is 4.11. The van der Waals surface area contributed by atoms with Gasteiger partial charge >= 0.3 is 0 Å². The lowest BCUT2D eigenvalue weighted by Crippen LogP contribution is -2.12. The van der Waals surface area contributed by atoms with Crippen LogP contribution in [0.25, 0.3) is 0 Å². The number of benzene rings is 1. The molecular formula is C14H14BrClN2O. The van der Waals surface area contributed by atoms with Gasteiger partial charge < -0.3 is 4.74 Å². The molecule has 19 heavy (non-hydrogen) atoms. The van der Waals surface area contributed by atoms with E-state index in [9.17, 15) is 0 Å². The van der Waals surface area contributed by atoms with Gasteiger partial charge in [0, 0.05) is 11.8 Å². The maximum Gasteiger partial charge on any atom is 0.237 e. The molecule has 0 aliphatic heterocycles. The molecule has 0 aliphatic rings. The van der Waals surface area contributed by atoms with Gasteiger partial charge in [0.25, 0.3) is 0 Å². The minimum Gasteiger partial charge on any atom is -0.437 e.